The van der Waals surface area contributed by atoms with Crippen molar-refractivity contribution in [3.8, 4) is 0 Å². The normalized spacial score (nSPS) is 19.0. The van der Waals surface area contributed by atoms with Crippen molar-refractivity contribution in [2.45, 2.75) is 6.04 Å². The number of amides is 1. The molecular formula is C12H9ClF5NO2. The number of hydrogen-bond acceptors (Lipinski definition) is 2. The molecule has 1 fully saturated rings. The van der Waals surface area contributed by atoms with E-state index in [1.807, 2.05) is 0 Å². The maximum atomic E-state index is 13.6. The SMILES string of the molecule is O=C(c1c(F)c(F)c(F)c(F)c1F)N1CCOCC1CCl. The molecule has 2 rings (SSSR count). The lowest BCUT2D eigenvalue weighted by atomic mass is 10.1. The lowest BCUT2D eigenvalue weighted by molar-refractivity contribution is 0.00391. The molecule has 1 atom stereocenters. The summed E-state index contributed by atoms with van der Waals surface area (Å²) >= 11 is 5.60. The number of halogens is 6. The van der Waals surface area contributed by atoms with Crippen molar-refractivity contribution in [3.63, 3.8) is 0 Å². The number of ether oxygens (including phenoxy) is 1. The second-order valence-electron chi connectivity index (χ2n) is 4.33. The van der Waals surface area contributed by atoms with Crippen molar-refractivity contribution in [2.75, 3.05) is 25.6 Å². The number of alkyl halides is 1. The predicted octanol–water partition coefficient (Wildman–Crippen LogP) is 2.46. The zero-order valence-electron chi connectivity index (χ0n) is 10.4. The summed E-state index contributed by atoms with van der Waals surface area (Å²) in [7, 11) is 0. The minimum Gasteiger partial charge on any atom is -0.377 e. The molecule has 1 unspecified atom stereocenters. The fraction of sp³-hybridized carbons (Fsp3) is 0.417. The summed E-state index contributed by atoms with van der Waals surface area (Å²) in [5.74, 6) is -12.3. The van der Waals surface area contributed by atoms with Crippen LogP contribution in [-0.4, -0.2) is 42.5 Å². The van der Waals surface area contributed by atoms with Gasteiger partial charge in [0.2, 0.25) is 5.82 Å². The van der Waals surface area contributed by atoms with Crippen molar-refractivity contribution in [2.24, 2.45) is 0 Å². The molecule has 1 aromatic rings. The van der Waals surface area contributed by atoms with Crippen LogP contribution in [0.2, 0.25) is 0 Å². The maximum Gasteiger partial charge on any atom is 0.260 e. The zero-order valence-corrected chi connectivity index (χ0v) is 11.2. The third kappa shape index (κ3) is 2.69. The van der Waals surface area contributed by atoms with Gasteiger partial charge in [0.15, 0.2) is 23.3 Å². The van der Waals surface area contributed by atoms with Gasteiger partial charge in [0.25, 0.3) is 5.91 Å². The van der Waals surface area contributed by atoms with Gasteiger partial charge < -0.3 is 9.64 Å². The highest BCUT2D eigenvalue weighted by molar-refractivity contribution is 6.18. The molecule has 21 heavy (non-hydrogen) atoms. The van der Waals surface area contributed by atoms with Gasteiger partial charge in [-0.2, -0.15) is 0 Å². The molecule has 1 aliphatic heterocycles. The minimum absolute atomic E-state index is 0.0185. The fourth-order valence-electron chi connectivity index (χ4n) is 1.99. The van der Waals surface area contributed by atoms with Gasteiger partial charge in [0.1, 0.15) is 5.56 Å². The summed E-state index contributed by atoms with van der Waals surface area (Å²) in [6.07, 6.45) is 0. The standard InChI is InChI=1S/C12H9ClF5NO2/c13-3-5-4-21-2-1-19(5)12(20)6-7(14)9(16)11(18)10(17)8(6)15/h5H,1-4H2. The van der Waals surface area contributed by atoms with Gasteiger partial charge in [-0.1, -0.05) is 0 Å². The van der Waals surface area contributed by atoms with Crippen molar-refractivity contribution >= 4 is 17.5 Å². The molecule has 0 bridgehead atoms. The Morgan fingerprint density at radius 2 is 1.62 bits per heavy atom. The van der Waals surface area contributed by atoms with E-state index in [0.717, 1.165) is 4.90 Å². The number of rotatable bonds is 2. The van der Waals surface area contributed by atoms with E-state index in [0.29, 0.717) is 0 Å². The van der Waals surface area contributed by atoms with Gasteiger partial charge in [0, 0.05) is 12.4 Å². The first-order chi connectivity index (χ1) is 9.90. The highest BCUT2D eigenvalue weighted by Gasteiger charge is 2.35. The van der Waals surface area contributed by atoms with E-state index in [1.54, 1.807) is 0 Å². The van der Waals surface area contributed by atoms with E-state index in [2.05, 4.69) is 0 Å². The summed E-state index contributed by atoms with van der Waals surface area (Å²) in [6.45, 7) is 0.0366. The maximum absolute atomic E-state index is 13.6. The van der Waals surface area contributed by atoms with Crippen LogP contribution in [-0.2, 0) is 4.74 Å². The van der Waals surface area contributed by atoms with Crippen LogP contribution < -0.4 is 0 Å². The Bertz CT molecular complexity index is 554. The van der Waals surface area contributed by atoms with Gasteiger partial charge in [-0.15, -0.1) is 11.6 Å². The quantitative estimate of drug-likeness (QED) is 0.361. The molecule has 1 heterocycles. The number of carbonyl (C=O) groups is 1. The van der Waals surface area contributed by atoms with Crippen LogP contribution in [0.25, 0.3) is 0 Å². The Morgan fingerprint density at radius 3 is 2.14 bits per heavy atom. The summed E-state index contributed by atoms with van der Waals surface area (Å²) < 4.78 is 71.5. The van der Waals surface area contributed by atoms with Crippen LogP contribution in [0.15, 0.2) is 0 Å². The van der Waals surface area contributed by atoms with Crippen LogP contribution in [0.5, 0.6) is 0 Å². The molecule has 116 valence electrons. The number of benzene rings is 1. The van der Waals surface area contributed by atoms with Gasteiger partial charge in [-0.25, -0.2) is 22.0 Å². The van der Waals surface area contributed by atoms with E-state index in [9.17, 15) is 26.7 Å². The molecule has 0 aliphatic carbocycles. The van der Waals surface area contributed by atoms with E-state index in [-0.39, 0.29) is 25.6 Å². The van der Waals surface area contributed by atoms with Gasteiger partial charge in [0.05, 0.1) is 19.3 Å². The fourth-order valence-corrected chi connectivity index (χ4v) is 2.24. The number of hydrogen-bond donors (Lipinski definition) is 0. The monoisotopic (exact) mass is 329 g/mol. The highest BCUT2D eigenvalue weighted by Crippen LogP contribution is 2.25. The van der Waals surface area contributed by atoms with Crippen LogP contribution in [0, 0.1) is 29.1 Å². The second-order valence-corrected chi connectivity index (χ2v) is 4.64. The minimum atomic E-state index is -2.31. The first-order valence-corrected chi connectivity index (χ1v) is 6.39. The Hall–Kier alpha value is -1.41. The third-order valence-electron chi connectivity index (χ3n) is 3.09. The molecule has 3 nitrogen and oxygen atoms in total. The first kappa shape index (κ1) is 16.0. The Labute approximate surface area is 121 Å². The molecule has 0 radical (unpaired) electrons. The average Bonchev–Trinajstić information content (AvgIpc) is 2.51. The lowest BCUT2D eigenvalue weighted by Crippen LogP contribution is -2.50. The molecule has 0 N–H and O–H groups in total. The van der Waals surface area contributed by atoms with Crippen LogP contribution >= 0.6 is 11.6 Å². The summed E-state index contributed by atoms with van der Waals surface area (Å²) in [5.41, 5.74) is -1.48. The first-order valence-electron chi connectivity index (χ1n) is 5.86. The molecular weight excluding hydrogens is 321 g/mol. The van der Waals surface area contributed by atoms with Crippen molar-refractivity contribution < 1.29 is 31.5 Å². The third-order valence-corrected chi connectivity index (χ3v) is 3.45. The molecule has 0 aromatic heterocycles. The van der Waals surface area contributed by atoms with E-state index < -0.39 is 46.6 Å². The average molecular weight is 330 g/mol. The summed E-state index contributed by atoms with van der Waals surface area (Å²) in [5, 5.41) is 0. The van der Waals surface area contributed by atoms with Crippen LogP contribution in [0.4, 0.5) is 22.0 Å². The molecule has 1 saturated heterocycles. The molecule has 1 aromatic carbocycles. The summed E-state index contributed by atoms with van der Waals surface area (Å²) in [4.78, 5) is 13.0. The van der Waals surface area contributed by atoms with Gasteiger partial charge >= 0.3 is 0 Å². The Balaban J connectivity index is 2.48. The molecule has 1 aliphatic rings. The summed E-state index contributed by atoms with van der Waals surface area (Å²) in [6, 6.07) is -0.706. The predicted molar refractivity (Wildman–Crippen MR) is 62.6 cm³/mol. The highest BCUT2D eigenvalue weighted by atomic mass is 35.5. The van der Waals surface area contributed by atoms with Gasteiger partial charge in [-0.3, -0.25) is 4.79 Å². The molecule has 0 spiro atoms. The van der Waals surface area contributed by atoms with Crippen molar-refractivity contribution in [1.29, 1.82) is 0 Å². The van der Waals surface area contributed by atoms with E-state index in [1.165, 1.54) is 0 Å². The van der Waals surface area contributed by atoms with Crippen LogP contribution in [0.3, 0.4) is 0 Å². The lowest BCUT2D eigenvalue weighted by Gasteiger charge is -2.34. The number of carbonyl (C=O) groups excluding carboxylic acids is 1. The number of morpholine rings is 1. The van der Waals surface area contributed by atoms with Crippen molar-refractivity contribution in [3.05, 3.63) is 34.6 Å². The van der Waals surface area contributed by atoms with Crippen molar-refractivity contribution in [1.82, 2.24) is 4.90 Å². The second kappa shape index (κ2) is 6.15. The Kier molecular flexibility index (Phi) is 4.67. The van der Waals surface area contributed by atoms with E-state index in [4.69, 9.17) is 16.3 Å². The van der Waals surface area contributed by atoms with E-state index >= 15 is 0 Å². The zero-order chi connectivity index (χ0) is 15.7. The smallest absolute Gasteiger partial charge is 0.260 e. The molecule has 0 saturated carbocycles. The molecule has 1 amide bonds. The molecule has 9 heteroatoms. The topological polar surface area (TPSA) is 29.5 Å². The van der Waals surface area contributed by atoms with Gasteiger partial charge in [-0.05, 0) is 0 Å². The largest absolute Gasteiger partial charge is 0.377 e. The number of nitrogens with zero attached hydrogens (tertiary/aromatic N) is 1. The van der Waals surface area contributed by atoms with Crippen LogP contribution in [0.1, 0.15) is 10.4 Å². The Morgan fingerprint density at radius 1 is 1.10 bits per heavy atom.